The lowest BCUT2D eigenvalue weighted by molar-refractivity contribution is -0.135. The lowest BCUT2D eigenvalue weighted by Gasteiger charge is -2.33. The number of benzene rings is 1. The number of ether oxygens (including phenoxy) is 1. The lowest BCUT2D eigenvalue weighted by atomic mass is 10.1. The Labute approximate surface area is 201 Å². The number of carboxylic acid groups (broad SMARTS) is 1. The number of aliphatic carboxylic acids is 1. The van der Waals surface area contributed by atoms with Crippen LogP contribution in [0.1, 0.15) is 43.5 Å². The maximum atomic E-state index is 14.6. The Hall–Kier alpha value is -3.41. The summed E-state index contributed by atoms with van der Waals surface area (Å²) in [6.45, 7) is 4.69. The van der Waals surface area contributed by atoms with Crippen LogP contribution in [-0.4, -0.2) is 72.9 Å². The van der Waals surface area contributed by atoms with Crippen molar-refractivity contribution < 1.29 is 37.8 Å². The first-order chi connectivity index (χ1) is 16.6. The standard InChI is InChI=1S/C23H30F2N4O6/c1-14(2)34-23(33)29-9-5-16(6-10-29)35-27-15-3-7-28(8-4-15)20-12-18(24)17(11-19(20)25)22(32)26-13-21(30)31/h3,11-12,14,16,27H,4-10,13H2,1-2H3,(H,26,32)(H,30,31). The Morgan fingerprint density at radius 1 is 1.14 bits per heavy atom. The normalized spacial score (nSPS) is 16.7. The van der Waals surface area contributed by atoms with Crippen LogP contribution >= 0.6 is 0 Å². The molecule has 1 saturated heterocycles. The topological polar surface area (TPSA) is 120 Å². The molecule has 0 bridgehead atoms. The third kappa shape index (κ3) is 7.28. The van der Waals surface area contributed by atoms with Gasteiger partial charge in [0.2, 0.25) is 0 Å². The number of carbonyl (C=O) groups excluding carboxylic acids is 2. The number of rotatable bonds is 8. The molecular formula is C23H30F2N4O6. The summed E-state index contributed by atoms with van der Waals surface area (Å²) in [4.78, 5) is 43.5. The van der Waals surface area contributed by atoms with Gasteiger partial charge in [0.1, 0.15) is 18.2 Å². The number of anilines is 1. The van der Waals surface area contributed by atoms with Crippen LogP contribution in [0.15, 0.2) is 23.9 Å². The largest absolute Gasteiger partial charge is 0.480 e. The van der Waals surface area contributed by atoms with Gasteiger partial charge in [-0.25, -0.2) is 13.6 Å². The molecule has 2 amide bonds. The van der Waals surface area contributed by atoms with E-state index in [0.717, 1.165) is 17.8 Å². The first-order valence-electron chi connectivity index (χ1n) is 11.4. The predicted octanol–water partition coefficient (Wildman–Crippen LogP) is 2.40. The zero-order valence-corrected chi connectivity index (χ0v) is 19.7. The van der Waals surface area contributed by atoms with Crippen molar-refractivity contribution in [1.29, 1.82) is 0 Å². The second-order valence-corrected chi connectivity index (χ2v) is 8.62. The van der Waals surface area contributed by atoms with E-state index in [0.29, 0.717) is 45.4 Å². The molecule has 0 atom stereocenters. The summed E-state index contributed by atoms with van der Waals surface area (Å²) in [5, 5.41) is 10.6. The molecule has 1 fully saturated rings. The monoisotopic (exact) mass is 496 g/mol. The molecule has 1 aromatic carbocycles. The maximum absolute atomic E-state index is 14.6. The number of nitrogens with zero attached hydrogens (tertiary/aromatic N) is 2. The van der Waals surface area contributed by atoms with Gasteiger partial charge in [-0.2, -0.15) is 0 Å². The Bertz CT molecular complexity index is 979. The lowest BCUT2D eigenvalue weighted by Crippen LogP contribution is -2.43. The fraction of sp³-hybridized carbons (Fsp3) is 0.522. The molecule has 0 unspecified atom stereocenters. The van der Waals surface area contributed by atoms with Gasteiger partial charge in [-0.05, 0) is 38.8 Å². The second-order valence-electron chi connectivity index (χ2n) is 8.62. The molecule has 3 rings (SSSR count). The van der Waals surface area contributed by atoms with Crippen molar-refractivity contribution in [3.05, 3.63) is 41.1 Å². The first kappa shape index (κ1) is 26.2. The summed E-state index contributed by atoms with van der Waals surface area (Å²) in [6.07, 6.45) is 3.09. The summed E-state index contributed by atoms with van der Waals surface area (Å²) in [5.74, 6) is -4.01. The summed E-state index contributed by atoms with van der Waals surface area (Å²) in [5.41, 5.74) is 3.21. The number of halogens is 2. The van der Waals surface area contributed by atoms with Gasteiger partial charge in [-0.3, -0.25) is 19.9 Å². The molecule has 2 heterocycles. The average Bonchev–Trinajstić information content (AvgIpc) is 2.82. The fourth-order valence-electron chi connectivity index (χ4n) is 3.78. The van der Waals surface area contributed by atoms with E-state index in [1.54, 1.807) is 23.6 Å². The van der Waals surface area contributed by atoms with Crippen molar-refractivity contribution in [1.82, 2.24) is 15.7 Å². The van der Waals surface area contributed by atoms with Crippen LogP contribution in [-0.2, 0) is 14.4 Å². The van der Waals surface area contributed by atoms with Gasteiger partial charge in [-0.1, -0.05) is 0 Å². The highest BCUT2D eigenvalue weighted by Gasteiger charge is 2.26. The second kappa shape index (κ2) is 11.8. The van der Waals surface area contributed by atoms with Crippen LogP contribution in [0.4, 0.5) is 19.3 Å². The maximum Gasteiger partial charge on any atom is 0.410 e. The minimum atomic E-state index is -1.29. The predicted molar refractivity (Wildman–Crippen MR) is 122 cm³/mol. The van der Waals surface area contributed by atoms with Crippen LogP contribution in [0.2, 0.25) is 0 Å². The Morgan fingerprint density at radius 2 is 1.86 bits per heavy atom. The molecule has 1 aromatic rings. The number of nitrogens with one attached hydrogen (secondary N) is 2. The number of hydrogen-bond acceptors (Lipinski definition) is 7. The minimum absolute atomic E-state index is 0.00848. The molecule has 0 saturated carbocycles. The first-order valence-corrected chi connectivity index (χ1v) is 11.4. The SMILES string of the molecule is CC(C)OC(=O)N1CCC(ONC2=CCN(c3cc(F)c(C(=O)NCC(=O)O)cc3F)CC2)CC1. The molecule has 192 valence electrons. The summed E-state index contributed by atoms with van der Waals surface area (Å²) in [7, 11) is 0. The van der Waals surface area contributed by atoms with Crippen LogP contribution in [0, 0.1) is 11.6 Å². The van der Waals surface area contributed by atoms with E-state index < -0.39 is 35.6 Å². The summed E-state index contributed by atoms with van der Waals surface area (Å²) >= 11 is 0. The minimum Gasteiger partial charge on any atom is -0.480 e. The molecule has 35 heavy (non-hydrogen) atoms. The van der Waals surface area contributed by atoms with Gasteiger partial charge >= 0.3 is 12.1 Å². The highest BCUT2D eigenvalue weighted by Crippen LogP contribution is 2.26. The van der Waals surface area contributed by atoms with E-state index in [-0.39, 0.29) is 24.0 Å². The van der Waals surface area contributed by atoms with Crippen molar-refractivity contribution in [2.24, 2.45) is 0 Å². The summed E-state index contributed by atoms with van der Waals surface area (Å²) < 4.78 is 34.2. The Balaban J connectivity index is 1.49. The van der Waals surface area contributed by atoms with Crippen molar-refractivity contribution in [2.75, 3.05) is 37.6 Å². The quantitative estimate of drug-likeness (QED) is 0.470. The highest BCUT2D eigenvalue weighted by molar-refractivity contribution is 5.96. The molecule has 2 aliphatic heterocycles. The number of hydrogen-bond donors (Lipinski definition) is 3. The Morgan fingerprint density at radius 3 is 2.46 bits per heavy atom. The number of amides is 2. The number of piperidine rings is 1. The molecule has 3 N–H and O–H groups in total. The number of carbonyl (C=O) groups is 3. The van der Waals surface area contributed by atoms with Crippen molar-refractivity contribution in [3.8, 4) is 0 Å². The van der Waals surface area contributed by atoms with Gasteiger partial charge in [0, 0.05) is 44.4 Å². The van der Waals surface area contributed by atoms with Crippen molar-refractivity contribution in [2.45, 2.75) is 45.3 Å². The molecule has 2 aliphatic rings. The van der Waals surface area contributed by atoms with Gasteiger partial charge in [0.05, 0.1) is 23.5 Å². The molecular weight excluding hydrogens is 466 g/mol. The van der Waals surface area contributed by atoms with E-state index in [2.05, 4.69) is 5.48 Å². The zero-order valence-electron chi connectivity index (χ0n) is 19.7. The van der Waals surface area contributed by atoms with E-state index in [1.165, 1.54) is 0 Å². The van der Waals surface area contributed by atoms with E-state index in [9.17, 15) is 23.2 Å². The van der Waals surface area contributed by atoms with Crippen LogP contribution in [0.3, 0.4) is 0 Å². The molecule has 10 nitrogen and oxygen atoms in total. The molecule has 0 radical (unpaired) electrons. The average molecular weight is 497 g/mol. The van der Waals surface area contributed by atoms with Crippen LogP contribution in [0.25, 0.3) is 0 Å². The zero-order chi connectivity index (χ0) is 25.5. The van der Waals surface area contributed by atoms with Gasteiger partial charge in [0.25, 0.3) is 5.91 Å². The van der Waals surface area contributed by atoms with E-state index in [4.69, 9.17) is 14.7 Å². The molecule has 12 heteroatoms. The van der Waals surface area contributed by atoms with E-state index >= 15 is 0 Å². The molecule has 0 aromatic heterocycles. The van der Waals surface area contributed by atoms with E-state index in [1.807, 2.05) is 11.4 Å². The smallest absolute Gasteiger partial charge is 0.410 e. The van der Waals surface area contributed by atoms with Gasteiger partial charge in [0.15, 0.2) is 0 Å². The highest BCUT2D eigenvalue weighted by atomic mass is 19.1. The number of likely N-dealkylation sites (tertiary alicyclic amines) is 1. The van der Waals surface area contributed by atoms with Crippen LogP contribution in [0.5, 0.6) is 0 Å². The molecule has 0 spiro atoms. The third-order valence-electron chi connectivity index (χ3n) is 5.62. The molecule has 0 aliphatic carbocycles. The number of carboxylic acids is 1. The van der Waals surface area contributed by atoms with Gasteiger partial charge < -0.3 is 25.0 Å². The third-order valence-corrected chi connectivity index (χ3v) is 5.62. The number of hydroxylamine groups is 1. The Kier molecular flexibility index (Phi) is 8.85. The summed E-state index contributed by atoms with van der Waals surface area (Å²) in [6, 6.07) is 1.71. The van der Waals surface area contributed by atoms with Crippen LogP contribution < -0.4 is 15.7 Å². The van der Waals surface area contributed by atoms with Crippen molar-refractivity contribution in [3.63, 3.8) is 0 Å². The fourth-order valence-corrected chi connectivity index (χ4v) is 3.78. The van der Waals surface area contributed by atoms with Crippen molar-refractivity contribution >= 4 is 23.7 Å². The van der Waals surface area contributed by atoms with Gasteiger partial charge in [-0.15, -0.1) is 0 Å².